The molecule has 2 nitrogen and oxygen atoms in total. The minimum atomic E-state index is -0.420. The van der Waals surface area contributed by atoms with Gasteiger partial charge in [-0.15, -0.1) is 11.3 Å². The topological polar surface area (TPSA) is 24.9 Å². The first-order valence-electron chi connectivity index (χ1n) is 5.27. The Morgan fingerprint density at radius 1 is 1.50 bits per heavy atom. The van der Waals surface area contributed by atoms with Crippen molar-refractivity contribution in [3.05, 3.63) is 49.1 Å². The van der Waals surface area contributed by atoms with Gasteiger partial charge in [0, 0.05) is 15.4 Å². The highest BCUT2D eigenvalue weighted by Gasteiger charge is 2.21. The molecule has 1 aromatic heterocycles. The van der Waals surface area contributed by atoms with Crippen LogP contribution in [-0.4, -0.2) is 12.0 Å². The van der Waals surface area contributed by atoms with Crippen molar-refractivity contribution in [3.63, 3.8) is 0 Å². The summed E-state index contributed by atoms with van der Waals surface area (Å²) in [6.45, 7) is 1.92. The number of thiazole rings is 1. The van der Waals surface area contributed by atoms with Gasteiger partial charge >= 0.3 is 0 Å². The summed E-state index contributed by atoms with van der Waals surface area (Å²) in [4.78, 5) is 4.39. The lowest BCUT2D eigenvalue weighted by Crippen LogP contribution is -2.19. The molecule has 1 N–H and O–H groups in total. The van der Waals surface area contributed by atoms with Crippen LogP contribution in [0.1, 0.15) is 22.3 Å². The lowest BCUT2D eigenvalue weighted by molar-refractivity contribution is 0.571. The van der Waals surface area contributed by atoms with Gasteiger partial charge in [0.05, 0.1) is 21.8 Å². The molecule has 6 heteroatoms. The number of hydrogen-bond acceptors (Lipinski definition) is 3. The average Bonchev–Trinajstić information content (AvgIpc) is 2.77. The number of benzene rings is 1. The second kappa shape index (κ2) is 5.65. The fourth-order valence-electron chi connectivity index (χ4n) is 1.74. The number of aromatic nitrogens is 1. The first-order chi connectivity index (χ1) is 8.54. The van der Waals surface area contributed by atoms with Gasteiger partial charge < -0.3 is 5.32 Å². The van der Waals surface area contributed by atoms with Gasteiger partial charge in [-0.1, -0.05) is 17.7 Å². The molecule has 0 aliphatic carbocycles. The minimum absolute atomic E-state index is 0.0969. The number of halogens is 3. The first kappa shape index (κ1) is 13.9. The van der Waals surface area contributed by atoms with Crippen molar-refractivity contribution in [2.24, 2.45) is 0 Å². The largest absolute Gasteiger partial charge is 0.308 e. The Labute approximate surface area is 122 Å². The van der Waals surface area contributed by atoms with Crippen molar-refractivity contribution in [2.75, 3.05) is 7.05 Å². The molecule has 1 atom stereocenters. The molecule has 96 valence electrons. The highest BCUT2D eigenvalue weighted by Crippen LogP contribution is 2.32. The van der Waals surface area contributed by atoms with Crippen LogP contribution in [0.3, 0.4) is 0 Å². The van der Waals surface area contributed by atoms with E-state index >= 15 is 0 Å². The molecule has 0 amide bonds. The van der Waals surface area contributed by atoms with Crippen LogP contribution in [0.25, 0.3) is 0 Å². The van der Waals surface area contributed by atoms with Gasteiger partial charge in [-0.3, -0.25) is 0 Å². The molecule has 0 saturated carbocycles. The Morgan fingerprint density at radius 3 is 2.78 bits per heavy atom. The third-order valence-corrected chi connectivity index (χ3v) is 4.65. The smallest absolute Gasteiger partial charge is 0.148 e. The molecule has 0 fully saturated rings. The SMILES string of the molecule is CNC(c1csc(C)n1)c1ccc(Br)c(Cl)c1F. The molecule has 1 aromatic carbocycles. The molecule has 0 aliphatic rings. The Bertz CT molecular complexity index is 573. The van der Waals surface area contributed by atoms with Crippen LogP contribution in [0, 0.1) is 12.7 Å². The van der Waals surface area contributed by atoms with E-state index < -0.39 is 5.82 Å². The summed E-state index contributed by atoms with van der Waals surface area (Å²) in [6.07, 6.45) is 0. The van der Waals surface area contributed by atoms with Crippen LogP contribution in [0.5, 0.6) is 0 Å². The zero-order chi connectivity index (χ0) is 13.3. The van der Waals surface area contributed by atoms with Crippen LogP contribution in [-0.2, 0) is 0 Å². The van der Waals surface area contributed by atoms with Gasteiger partial charge in [-0.2, -0.15) is 0 Å². The van der Waals surface area contributed by atoms with E-state index in [1.807, 2.05) is 12.3 Å². The quantitative estimate of drug-likeness (QED) is 0.835. The minimum Gasteiger partial charge on any atom is -0.308 e. The van der Waals surface area contributed by atoms with Crippen molar-refractivity contribution < 1.29 is 4.39 Å². The van der Waals surface area contributed by atoms with Gasteiger partial charge in [0.25, 0.3) is 0 Å². The summed E-state index contributed by atoms with van der Waals surface area (Å²) < 4.78 is 14.7. The predicted octanol–water partition coefficient (Wildman–Crippen LogP) is 4.32. The average molecular weight is 350 g/mol. The molecule has 0 radical (unpaired) electrons. The van der Waals surface area contributed by atoms with E-state index in [0.717, 1.165) is 10.7 Å². The number of nitrogens with zero attached hydrogens (tertiary/aromatic N) is 1. The third-order valence-electron chi connectivity index (χ3n) is 2.60. The maximum atomic E-state index is 14.2. The highest BCUT2D eigenvalue weighted by molar-refractivity contribution is 9.10. The highest BCUT2D eigenvalue weighted by atomic mass is 79.9. The normalized spacial score (nSPS) is 12.7. The van der Waals surface area contributed by atoms with Crippen molar-refractivity contribution in [3.8, 4) is 0 Å². The summed E-state index contributed by atoms with van der Waals surface area (Å²) in [6, 6.07) is 3.16. The van der Waals surface area contributed by atoms with Gasteiger partial charge in [0.15, 0.2) is 0 Å². The molecule has 1 unspecified atom stereocenters. The second-order valence-electron chi connectivity index (χ2n) is 3.78. The van der Waals surface area contributed by atoms with E-state index in [0.29, 0.717) is 10.0 Å². The van der Waals surface area contributed by atoms with Gasteiger partial charge in [0.1, 0.15) is 5.82 Å². The van der Waals surface area contributed by atoms with Crippen molar-refractivity contribution in [1.29, 1.82) is 0 Å². The summed E-state index contributed by atoms with van der Waals surface area (Å²) in [5.74, 6) is -0.420. The molecule has 18 heavy (non-hydrogen) atoms. The number of nitrogens with one attached hydrogen (secondary N) is 1. The van der Waals surface area contributed by atoms with E-state index in [-0.39, 0.29) is 11.1 Å². The maximum Gasteiger partial charge on any atom is 0.148 e. The van der Waals surface area contributed by atoms with Gasteiger partial charge in [-0.25, -0.2) is 9.37 Å². The maximum absolute atomic E-state index is 14.2. The van der Waals surface area contributed by atoms with Crippen LogP contribution < -0.4 is 5.32 Å². The summed E-state index contributed by atoms with van der Waals surface area (Å²) >= 11 is 10.7. The molecular weight excluding hydrogens is 339 g/mol. The van der Waals surface area contributed by atoms with Gasteiger partial charge in [0.2, 0.25) is 0 Å². The van der Waals surface area contributed by atoms with E-state index in [9.17, 15) is 4.39 Å². The van der Waals surface area contributed by atoms with Crippen molar-refractivity contribution in [1.82, 2.24) is 10.3 Å². The first-order valence-corrected chi connectivity index (χ1v) is 7.32. The van der Waals surface area contributed by atoms with E-state index in [4.69, 9.17) is 11.6 Å². The van der Waals surface area contributed by atoms with E-state index in [2.05, 4.69) is 26.2 Å². The van der Waals surface area contributed by atoms with Crippen LogP contribution >= 0.6 is 38.9 Å². The number of hydrogen-bond donors (Lipinski definition) is 1. The summed E-state index contributed by atoms with van der Waals surface area (Å²) in [7, 11) is 1.77. The molecule has 2 aromatic rings. The Balaban J connectivity index is 2.49. The molecule has 0 aliphatic heterocycles. The third kappa shape index (κ3) is 2.59. The fraction of sp³-hybridized carbons (Fsp3) is 0.250. The lowest BCUT2D eigenvalue weighted by Gasteiger charge is -2.16. The fourth-order valence-corrected chi connectivity index (χ4v) is 2.86. The Morgan fingerprint density at radius 2 is 2.22 bits per heavy atom. The Kier molecular flexibility index (Phi) is 4.37. The van der Waals surface area contributed by atoms with Crippen LogP contribution in [0.4, 0.5) is 4.39 Å². The Hall–Kier alpha value is -0.490. The van der Waals surface area contributed by atoms with Crippen molar-refractivity contribution in [2.45, 2.75) is 13.0 Å². The summed E-state index contributed by atoms with van der Waals surface area (Å²) in [5.41, 5.74) is 1.30. The summed E-state index contributed by atoms with van der Waals surface area (Å²) in [5, 5.41) is 6.04. The second-order valence-corrected chi connectivity index (χ2v) is 6.07. The standard InChI is InChI=1S/C12H11BrClFN2S/c1-6-17-9(5-18-6)12(16-2)7-3-4-8(13)10(14)11(7)15/h3-5,12,16H,1-2H3. The zero-order valence-corrected chi connectivity index (χ0v) is 13.0. The molecule has 1 heterocycles. The van der Waals surface area contributed by atoms with Crippen LogP contribution in [0.2, 0.25) is 5.02 Å². The predicted molar refractivity (Wildman–Crippen MR) is 76.9 cm³/mol. The zero-order valence-electron chi connectivity index (χ0n) is 9.80. The molecule has 0 saturated heterocycles. The molecule has 0 bridgehead atoms. The van der Waals surface area contributed by atoms with Crippen LogP contribution in [0.15, 0.2) is 22.0 Å². The number of rotatable bonds is 3. The van der Waals surface area contributed by atoms with Gasteiger partial charge in [-0.05, 0) is 36.0 Å². The lowest BCUT2D eigenvalue weighted by atomic mass is 10.0. The van der Waals surface area contributed by atoms with Crippen molar-refractivity contribution >= 4 is 38.9 Å². The van der Waals surface area contributed by atoms with E-state index in [1.165, 1.54) is 0 Å². The molecular formula is C12H11BrClFN2S. The van der Waals surface area contributed by atoms with E-state index in [1.54, 1.807) is 30.5 Å². The molecule has 2 rings (SSSR count). The molecule has 0 spiro atoms. The monoisotopic (exact) mass is 348 g/mol. The number of aryl methyl sites for hydroxylation is 1.